The molecule has 1 N–H and O–H groups in total. The number of hydrogen-bond acceptors (Lipinski definition) is 1. The van der Waals surface area contributed by atoms with Gasteiger partial charge < -0.3 is 5.32 Å². The average Bonchev–Trinajstić information content (AvgIpc) is 2.18. The summed E-state index contributed by atoms with van der Waals surface area (Å²) in [5.41, 5.74) is 1.89. The summed E-state index contributed by atoms with van der Waals surface area (Å²) >= 11 is 9.68. The molecule has 0 atom stereocenters. The molecule has 0 unspecified atom stereocenters. The third-order valence-corrected chi connectivity index (χ3v) is 4.77. The van der Waals surface area contributed by atoms with Crippen molar-refractivity contribution >= 4 is 33.2 Å². The second-order valence-electron chi connectivity index (χ2n) is 7.38. The quantitative estimate of drug-likeness (QED) is 0.681. The summed E-state index contributed by atoms with van der Waals surface area (Å²) in [6, 6.07) is 6.42. The van der Waals surface area contributed by atoms with E-state index in [2.05, 4.69) is 48.9 Å². The SMILES string of the molecule is CC1(C)CC(Nc2cc(Cl)ccc2Br)CC(C)(C)C1. The van der Waals surface area contributed by atoms with Crippen molar-refractivity contribution < 1.29 is 0 Å². The summed E-state index contributed by atoms with van der Waals surface area (Å²) in [5.74, 6) is 0. The second kappa shape index (κ2) is 5.29. The molecule has 0 saturated heterocycles. The van der Waals surface area contributed by atoms with Gasteiger partial charge in [-0.05, 0) is 64.2 Å². The fraction of sp³-hybridized carbons (Fsp3) is 0.625. The van der Waals surface area contributed by atoms with Gasteiger partial charge in [-0.1, -0.05) is 39.3 Å². The smallest absolute Gasteiger partial charge is 0.0501 e. The molecule has 1 saturated carbocycles. The van der Waals surface area contributed by atoms with Crippen LogP contribution in [0.4, 0.5) is 5.69 Å². The number of halogens is 2. The largest absolute Gasteiger partial charge is 0.381 e. The Kier molecular flexibility index (Phi) is 4.23. The summed E-state index contributed by atoms with van der Waals surface area (Å²) in [7, 11) is 0. The lowest BCUT2D eigenvalue weighted by molar-refractivity contribution is 0.105. The van der Waals surface area contributed by atoms with Crippen LogP contribution in [0.15, 0.2) is 22.7 Å². The number of rotatable bonds is 2. The van der Waals surface area contributed by atoms with E-state index in [0.717, 1.165) is 15.2 Å². The van der Waals surface area contributed by atoms with Gasteiger partial charge in [-0.15, -0.1) is 0 Å². The summed E-state index contributed by atoms with van der Waals surface area (Å²) in [6.07, 6.45) is 3.69. The number of hydrogen-bond donors (Lipinski definition) is 1. The van der Waals surface area contributed by atoms with Crippen molar-refractivity contribution in [3.05, 3.63) is 27.7 Å². The molecule has 3 heteroatoms. The van der Waals surface area contributed by atoms with Gasteiger partial charge in [0, 0.05) is 15.5 Å². The fourth-order valence-electron chi connectivity index (χ4n) is 3.78. The Bertz CT molecular complexity index is 452. The molecule has 1 fully saturated rings. The lowest BCUT2D eigenvalue weighted by Crippen LogP contribution is -2.40. The van der Waals surface area contributed by atoms with Crippen molar-refractivity contribution in [3.8, 4) is 0 Å². The second-order valence-corrected chi connectivity index (χ2v) is 8.67. The molecule has 1 nitrogen and oxygen atoms in total. The first kappa shape index (κ1) is 15.2. The molecule has 0 aromatic heterocycles. The third kappa shape index (κ3) is 4.13. The molecule has 0 bridgehead atoms. The van der Waals surface area contributed by atoms with Gasteiger partial charge in [0.15, 0.2) is 0 Å². The molecule has 1 aromatic rings. The van der Waals surface area contributed by atoms with E-state index in [4.69, 9.17) is 11.6 Å². The molecular weight excluding hydrogens is 322 g/mol. The maximum absolute atomic E-state index is 6.09. The molecule has 1 aromatic carbocycles. The van der Waals surface area contributed by atoms with Crippen LogP contribution in [-0.2, 0) is 0 Å². The summed E-state index contributed by atoms with van der Waals surface area (Å²) in [4.78, 5) is 0. The van der Waals surface area contributed by atoms with Crippen molar-refractivity contribution in [1.29, 1.82) is 0 Å². The molecule has 19 heavy (non-hydrogen) atoms. The van der Waals surface area contributed by atoms with Crippen molar-refractivity contribution in [3.63, 3.8) is 0 Å². The molecule has 106 valence electrons. The Balaban J connectivity index is 2.16. The zero-order valence-electron chi connectivity index (χ0n) is 12.2. The van der Waals surface area contributed by atoms with Gasteiger partial charge in [-0.25, -0.2) is 0 Å². The Hall–Kier alpha value is -0.210. The molecule has 2 rings (SSSR count). The summed E-state index contributed by atoms with van der Waals surface area (Å²) in [5, 5.41) is 4.45. The van der Waals surface area contributed by atoms with E-state index in [1.807, 2.05) is 18.2 Å². The van der Waals surface area contributed by atoms with E-state index < -0.39 is 0 Å². The molecule has 0 aliphatic heterocycles. The molecule has 0 radical (unpaired) electrons. The number of anilines is 1. The summed E-state index contributed by atoms with van der Waals surface area (Å²) in [6.45, 7) is 9.48. The van der Waals surface area contributed by atoms with Crippen molar-refractivity contribution in [2.75, 3.05) is 5.32 Å². The molecule has 0 heterocycles. The third-order valence-electron chi connectivity index (χ3n) is 3.84. The first-order valence-electron chi connectivity index (χ1n) is 6.89. The van der Waals surface area contributed by atoms with Gasteiger partial charge in [0.25, 0.3) is 0 Å². The fourth-order valence-corrected chi connectivity index (χ4v) is 4.31. The van der Waals surface area contributed by atoms with E-state index in [1.165, 1.54) is 19.3 Å². The highest BCUT2D eigenvalue weighted by molar-refractivity contribution is 9.10. The van der Waals surface area contributed by atoms with Crippen LogP contribution in [0.1, 0.15) is 47.0 Å². The van der Waals surface area contributed by atoms with E-state index in [1.54, 1.807) is 0 Å². The first-order chi connectivity index (χ1) is 8.67. The molecule has 1 aliphatic carbocycles. The van der Waals surface area contributed by atoms with Crippen LogP contribution in [0.5, 0.6) is 0 Å². The van der Waals surface area contributed by atoms with E-state index in [9.17, 15) is 0 Å². The van der Waals surface area contributed by atoms with Gasteiger partial charge >= 0.3 is 0 Å². The number of nitrogens with one attached hydrogen (secondary N) is 1. The van der Waals surface area contributed by atoms with Crippen molar-refractivity contribution in [2.45, 2.75) is 53.0 Å². The Morgan fingerprint density at radius 1 is 1.16 bits per heavy atom. The van der Waals surface area contributed by atoms with E-state index in [0.29, 0.717) is 16.9 Å². The topological polar surface area (TPSA) is 12.0 Å². The molecular formula is C16H23BrClN. The van der Waals surface area contributed by atoms with Crippen LogP contribution in [0.3, 0.4) is 0 Å². The highest BCUT2D eigenvalue weighted by Gasteiger charge is 2.38. The first-order valence-corrected chi connectivity index (χ1v) is 8.06. The van der Waals surface area contributed by atoms with Crippen LogP contribution in [0.25, 0.3) is 0 Å². The van der Waals surface area contributed by atoms with Gasteiger partial charge in [0.2, 0.25) is 0 Å². The van der Waals surface area contributed by atoms with Crippen LogP contribution in [0.2, 0.25) is 5.02 Å². The lowest BCUT2D eigenvalue weighted by atomic mass is 9.63. The number of benzene rings is 1. The molecule has 0 amide bonds. The zero-order valence-corrected chi connectivity index (χ0v) is 14.5. The summed E-state index contributed by atoms with van der Waals surface area (Å²) < 4.78 is 1.08. The van der Waals surface area contributed by atoms with Gasteiger partial charge in [-0.2, -0.15) is 0 Å². The minimum absolute atomic E-state index is 0.393. The van der Waals surface area contributed by atoms with Gasteiger partial charge in [0.1, 0.15) is 0 Å². The lowest BCUT2D eigenvalue weighted by Gasteiger charge is -2.45. The predicted octanol–water partition coefficient (Wildman–Crippen LogP) is 6.12. The molecule has 0 spiro atoms. The standard InChI is InChI=1S/C16H23BrClN/c1-15(2)8-12(9-16(3,4)10-15)19-14-7-11(18)5-6-13(14)17/h5-7,12,19H,8-10H2,1-4H3. The van der Waals surface area contributed by atoms with Crippen molar-refractivity contribution in [2.24, 2.45) is 10.8 Å². The Labute approximate surface area is 130 Å². The van der Waals surface area contributed by atoms with Gasteiger partial charge in [0.05, 0.1) is 5.69 Å². The highest BCUT2D eigenvalue weighted by atomic mass is 79.9. The van der Waals surface area contributed by atoms with E-state index >= 15 is 0 Å². The minimum atomic E-state index is 0.393. The van der Waals surface area contributed by atoms with Crippen LogP contribution in [-0.4, -0.2) is 6.04 Å². The normalized spacial score (nSPS) is 22.2. The highest BCUT2D eigenvalue weighted by Crippen LogP contribution is 2.46. The monoisotopic (exact) mass is 343 g/mol. The zero-order chi connectivity index (χ0) is 14.3. The minimum Gasteiger partial charge on any atom is -0.381 e. The van der Waals surface area contributed by atoms with Crippen molar-refractivity contribution in [1.82, 2.24) is 0 Å². The van der Waals surface area contributed by atoms with Crippen LogP contribution >= 0.6 is 27.5 Å². The Morgan fingerprint density at radius 3 is 2.32 bits per heavy atom. The van der Waals surface area contributed by atoms with Gasteiger partial charge in [-0.3, -0.25) is 0 Å². The van der Waals surface area contributed by atoms with E-state index in [-0.39, 0.29) is 0 Å². The maximum Gasteiger partial charge on any atom is 0.0501 e. The van der Waals surface area contributed by atoms with Crippen LogP contribution in [0, 0.1) is 10.8 Å². The van der Waals surface area contributed by atoms with Crippen LogP contribution < -0.4 is 5.32 Å². The molecule has 1 aliphatic rings. The Morgan fingerprint density at radius 2 is 1.74 bits per heavy atom. The predicted molar refractivity (Wildman–Crippen MR) is 88.0 cm³/mol. The maximum atomic E-state index is 6.09. The average molecular weight is 345 g/mol.